The van der Waals surface area contributed by atoms with Crippen LogP contribution in [0.3, 0.4) is 0 Å². The molecule has 0 bridgehead atoms. The summed E-state index contributed by atoms with van der Waals surface area (Å²) in [5, 5.41) is 11.4. The molecule has 0 radical (unpaired) electrons. The highest BCUT2D eigenvalue weighted by molar-refractivity contribution is 7.99. The molecule has 1 N–H and O–H groups in total. The lowest BCUT2D eigenvalue weighted by Crippen LogP contribution is -2.30. The molecule has 2 rings (SSSR count). The standard InChI is InChI=1S/C19H27N3O3S/c1-4-6-7-14(5-2)12-20-17(23)13-26-19-22-21-18(25-19)15-8-10-16(24-3)11-9-15/h8-11,14H,4-7,12-13H2,1-3H3,(H,20,23). The lowest BCUT2D eigenvalue weighted by molar-refractivity contribution is -0.118. The Hall–Kier alpha value is -2.02. The summed E-state index contributed by atoms with van der Waals surface area (Å²) in [6, 6.07) is 7.38. The van der Waals surface area contributed by atoms with E-state index in [1.807, 2.05) is 24.3 Å². The average Bonchev–Trinajstić information content (AvgIpc) is 3.15. The molecule has 1 unspecified atom stereocenters. The molecule has 0 aliphatic carbocycles. The number of hydrogen-bond acceptors (Lipinski definition) is 6. The van der Waals surface area contributed by atoms with Gasteiger partial charge in [-0.05, 0) is 36.6 Å². The zero-order chi connectivity index (χ0) is 18.8. The summed E-state index contributed by atoms with van der Waals surface area (Å²) < 4.78 is 10.7. The van der Waals surface area contributed by atoms with Crippen molar-refractivity contribution in [1.29, 1.82) is 0 Å². The zero-order valence-corrected chi connectivity index (χ0v) is 16.5. The maximum atomic E-state index is 12.0. The van der Waals surface area contributed by atoms with Gasteiger partial charge in [0.25, 0.3) is 5.22 Å². The fourth-order valence-electron chi connectivity index (χ4n) is 2.50. The van der Waals surface area contributed by atoms with Crippen LogP contribution in [0.15, 0.2) is 33.9 Å². The van der Waals surface area contributed by atoms with Gasteiger partial charge in [0.05, 0.1) is 12.9 Å². The highest BCUT2D eigenvalue weighted by Gasteiger charge is 2.12. The third-order valence-corrected chi connectivity index (χ3v) is 5.02. The fourth-order valence-corrected chi connectivity index (χ4v) is 3.09. The van der Waals surface area contributed by atoms with E-state index in [0.717, 1.165) is 30.7 Å². The van der Waals surface area contributed by atoms with Crippen LogP contribution in [0, 0.1) is 5.92 Å². The van der Waals surface area contributed by atoms with E-state index in [1.165, 1.54) is 24.6 Å². The largest absolute Gasteiger partial charge is 0.497 e. The lowest BCUT2D eigenvalue weighted by atomic mass is 9.99. The summed E-state index contributed by atoms with van der Waals surface area (Å²) in [7, 11) is 1.62. The second kappa shape index (κ2) is 10.9. The molecule has 1 atom stereocenters. The number of carbonyl (C=O) groups is 1. The highest BCUT2D eigenvalue weighted by Crippen LogP contribution is 2.24. The summed E-state index contributed by atoms with van der Waals surface area (Å²) in [4.78, 5) is 12.0. The normalized spacial score (nSPS) is 12.0. The Balaban J connectivity index is 1.78. The maximum Gasteiger partial charge on any atom is 0.277 e. The van der Waals surface area contributed by atoms with Gasteiger partial charge in [-0.25, -0.2) is 0 Å². The lowest BCUT2D eigenvalue weighted by Gasteiger charge is -2.14. The Bertz CT molecular complexity index is 673. The SMILES string of the molecule is CCCCC(CC)CNC(=O)CSc1nnc(-c2ccc(OC)cc2)o1. The molecule has 1 heterocycles. The van der Waals surface area contributed by atoms with E-state index >= 15 is 0 Å². The number of hydrogen-bond donors (Lipinski definition) is 1. The van der Waals surface area contributed by atoms with Gasteiger partial charge >= 0.3 is 0 Å². The number of nitrogens with zero attached hydrogens (tertiary/aromatic N) is 2. The number of ether oxygens (including phenoxy) is 1. The second-order valence-corrected chi connectivity index (χ2v) is 7.04. The van der Waals surface area contributed by atoms with Crippen molar-refractivity contribution >= 4 is 17.7 Å². The third kappa shape index (κ3) is 6.37. The first-order valence-corrected chi connectivity index (χ1v) is 10.0. The predicted molar refractivity (Wildman–Crippen MR) is 103 cm³/mol. The number of rotatable bonds is 11. The van der Waals surface area contributed by atoms with Crippen molar-refractivity contribution in [3.8, 4) is 17.2 Å². The van der Waals surface area contributed by atoms with Crippen molar-refractivity contribution in [2.75, 3.05) is 19.4 Å². The first kappa shape index (κ1) is 20.3. The van der Waals surface area contributed by atoms with Crippen LogP contribution < -0.4 is 10.1 Å². The molecule has 1 aromatic heterocycles. The molecule has 0 saturated carbocycles. The van der Waals surface area contributed by atoms with E-state index < -0.39 is 0 Å². The van der Waals surface area contributed by atoms with Gasteiger partial charge < -0.3 is 14.5 Å². The number of nitrogens with one attached hydrogen (secondary N) is 1. The molecule has 7 heteroatoms. The topological polar surface area (TPSA) is 77.2 Å². The van der Waals surface area contributed by atoms with Crippen LogP contribution in [0.2, 0.25) is 0 Å². The van der Waals surface area contributed by atoms with Gasteiger partial charge in [0.1, 0.15) is 5.75 Å². The van der Waals surface area contributed by atoms with Crippen molar-refractivity contribution in [3.63, 3.8) is 0 Å². The Morgan fingerprint density at radius 3 is 2.69 bits per heavy atom. The van der Waals surface area contributed by atoms with Crippen LogP contribution in [0.25, 0.3) is 11.5 Å². The average molecular weight is 378 g/mol. The minimum atomic E-state index is -0.00542. The Kier molecular flexibility index (Phi) is 8.47. The predicted octanol–water partition coefficient (Wildman–Crippen LogP) is 4.17. The summed E-state index contributed by atoms with van der Waals surface area (Å²) >= 11 is 1.25. The smallest absolute Gasteiger partial charge is 0.277 e. The van der Waals surface area contributed by atoms with E-state index in [-0.39, 0.29) is 11.7 Å². The first-order chi connectivity index (χ1) is 12.7. The number of amides is 1. The molecule has 0 aliphatic heterocycles. The van der Waals surface area contributed by atoms with Crippen molar-refractivity contribution < 1.29 is 13.9 Å². The number of carbonyl (C=O) groups excluding carboxylic acids is 1. The van der Waals surface area contributed by atoms with Gasteiger partial charge in [-0.2, -0.15) is 0 Å². The summed E-state index contributed by atoms with van der Waals surface area (Å²) in [6.45, 7) is 5.09. The minimum Gasteiger partial charge on any atom is -0.497 e. The van der Waals surface area contributed by atoms with E-state index in [0.29, 0.717) is 17.0 Å². The van der Waals surface area contributed by atoms with Crippen molar-refractivity contribution in [1.82, 2.24) is 15.5 Å². The summed E-state index contributed by atoms with van der Waals surface area (Å²) in [5.74, 6) is 2.02. The molecule has 142 valence electrons. The van der Waals surface area contributed by atoms with Gasteiger partial charge in [0, 0.05) is 12.1 Å². The Morgan fingerprint density at radius 2 is 2.04 bits per heavy atom. The van der Waals surface area contributed by atoms with Gasteiger partial charge in [0.2, 0.25) is 11.8 Å². The molecule has 1 aromatic carbocycles. The first-order valence-electron chi connectivity index (χ1n) is 9.03. The Morgan fingerprint density at radius 1 is 1.27 bits per heavy atom. The number of thioether (sulfide) groups is 1. The van der Waals surface area contributed by atoms with Crippen LogP contribution in [0.5, 0.6) is 5.75 Å². The molecule has 1 amide bonds. The van der Waals surface area contributed by atoms with Gasteiger partial charge in [-0.15, -0.1) is 10.2 Å². The van der Waals surface area contributed by atoms with Crippen LogP contribution in [-0.4, -0.2) is 35.5 Å². The summed E-state index contributed by atoms with van der Waals surface area (Å²) in [6.07, 6.45) is 4.64. The molecule has 6 nitrogen and oxygen atoms in total. The van der Waals surface area contributed by atoms with Gasteiger partial charge in [-0.1, -0.05) is 44.9 Å². The van der Waals surface area contributed by atoms with E-state index in [2.05, 4.69) is 29.4 Å². The summed E-state index contributed by atoms with van der Waals surface area (Å²) in [5.41, 5.74) is 0.816. The van der Waals surface area contributed by atoms with Gasteiger partial charge in [-0.3, -0.25) is 4.79 Å². The fraction of sp³-hybridized carbons (Fsp3) is 0.526. The minimum absolute atomic E-state index is 0.00542. The van der Waals surface area contributed by atoms with Gasteiger partial charge in [0.15, 0.2) is 0 Å². The van der Waals surface area contributed by atoms with Crippen molar-refractivity contribution in [2.24, 2.45) is 5.92 Å². The zero-order valence-electron chi connectivity index (χ0n) is 15.7. The number of benzene rings is 1. The van der Waals surface area contributed by atoms with E-state index in [4.69, 9.17) is 9.15 Å². The number of methoxy groups -OCH3 is 1. The van der Waals surface area contributed by atoms with E-state index in [9.17, 15) is 4.79 Å². The number of aromatic nitrogens is 2. The van der Waals surface area contributed by atoms with Crippen LogP contribution in [0.4, 0.5) is 0 Å². The van der Waals surface area contributed by atoms with Crippen LogP contribution >= 0.6 is 11.8 Å². The van der Waals surface area contributed by atoms with Crippen LogP contribution in [0.1, 0.15) is 39.5 Å². The maximum absolute atomic E-state index is 12.0. The molecular formula is C19H27N3O3S. The molecule has 26 heavy (non-hydrogen) atoms. The second-order valence-electron chi connectivity index (χ2n) is 6.11. The number of unbranched alkanes of at least 4 members (excludes halogenated alkanes) is 1. The van der Waals surface area contributed by atoms with Crippen LogP contribution in [-0.2, 0) is 4.79 Å². The third-order valence-electron chi connectivity index (χ3n) is 4.20. The molecular weight excluding hydrogens is 350 g/mol. The monoisotopic (exact) mass is 377 g/mol. The molecule has 0 aliphatic rings. The van der Waals surface area contributed by atoms with Crippen molar-refractivity contribution in [2.45, 2.75) is 44.8 Å². The molecule has 2 aromatic rings. The van der Waals surface area contributed by atoms with Crippen molar-refractivity contribution in [3.05, 3.63) is 24.3 Å². The highest BCUT2D eigenvalue weighted by atomic mass is 32.2. The quantitative estimate of drug-likeness (QED) is 0.592. The molecule has 0 saturated heterocycles. The Labute approximate surface area is 159 Å². The molecule has 0 fully saturated rings. The van der Waals surface area contributed by atoms with E-state index in [1.54, 1.807) is 7.11 Å². The molecule has 0 spiro atoms.